The molecule has 96 valence electrons. The van der Waals surface area contributed by atoms with Crippen LogP contribution < -0.4 is 10.1 Å². The van der Waals surface area contributed by atoms with E-state index in [2.05, 4.69) is 9.88 Å². The summed E-state index contributed by atoms with van der Waals surface area (Å²) in [6.07, 6.45) is 2.49. The van der Waals surface area contributed by atoms with E-state index in [0.29, 0.717) is 19.5 Å². The fourth-order valence-corrected chi connectivity index (χ4v) is 2.08. The highest BCUT2D eigenvalue weighted by Crippen LogP contribution is 2.26. The summed E-state index contributed by atoms with van der Waals surface area (Å²) in [6.45, 7) is 3.29. The van der Waals surface area contributed by atoms with E-state index in [1.165, 1.54) is 0 Å². The summed E-state index contributed by atoms with van der Waals surface area (Å²) in [7, 11) is 1.67. The largest absolute Gasteiger partial charge is 0.496 e. The Hall–Kier alpha value is -1.97. The van der Waals surface area contributed by atoms with Crippen molar-refractivity contribution in [3.8, 4) is 5.75 Å². The quantitative estimate of drug-likeness (QED) is 0.878. The number of fused-ring (bicyclic) bond motifs is 1. The molecule has 1 heterocycles. The highest BCUT2D eigenvalue weighted by atomic mass is 16.5. The van der Waals surface area contributed by atoms with E-state index < -0.39 is 0 Å². The molecule has 4 nitrogen and oxygen atoms in total. The maximum absolute atomic E-state index is 11.4. The first-order valence-corrected chi connectivity index (χ1v) is 6.14. The van der Waals surface area contributed by atoms with Crippen molar-refractivity contribution < 1.29 is 9.53 Å². The number of nitrogens with one attached hydrogen (secondary N) is 1. The number of hydrogen-bond donors (Lipinski definition) is 1. The van der Waals surface area contributed by atoms with E-state index in [1.54, 1.807) is 7.11 Å². The molecule has 1 aromatic heterocycles. The molecule has 0 unspecified atom stereocenters. The van der Waals surface area contributed by atoms with Gasteiger partial charge in [0.1, 0.15) is 5.75 Å². The molecule has 0 radical (unpaired) electrons. The fraction of sp³-hybridized carbons (Fsp3) is 0.357. The summed E-state index contributed by atoms with van der Waals surface area (Å²) in [6, 6.07) is 7.96. The maximum atomic E-state index is 11.4. The van der Waals surface area contributed by atoms with Crippen LogP contribution in [0.2, 0.25) is 0 Å². The van der Waals surface area contributed by atoms with Crippen LogP contribution in [0.1, 0.15) is 13.3 Å². The number of benzene rings is 1. The van der Waals surface area contributed by atoms with Crippen molar-refractivity contribution in [2.24, 2.45) is 0 Å². The Morgan fingerprint density at radius 1 is 1.39 bits per heavy atom. The second kappa shape index (κ2) is 5.58. The van der Waals surface area contributed by atoms with Gasteiger partial charge in [0.05, 0.1) is 12.6 Å². The zero-order valence-corrected chi connectivity index (χ0v) is 10.8. The number of rotatable bonds is 5. The first kappa shape index (κ1) is 12.5. The van der Waals surface area contributed by atoms with Crippen LogP contribution in [0.3, 0.4) is 0 Å². The van der Waals surface area contributed by atoms with Crippen LogP contribution in [0.4, 0.5) is 0 Å². The Bertz CT molecular complexity index is 546. The Morgan fingerprint density at radius 2 is 2.22 bits per heavy atom. The van der Waals surface area contributed by atoms with Gasteiger partial charge in [0.2, 0.25) is 5.91 Å². The minimum absolute atomic E-state index is 0.0854. The molecule has 4 heteroatoms. The van der Waals surface area contributed by atoms with Crippen molar-refractivity contribution in [2.75, 3.05) is 13.7 Å². The van der Waals surface area contributed by atoms with Gasteiger partial charge in [-0.25, -0.2) is 0 Å². The monoisotopic (exact) mass is 246 g/mol. The molecule has 0 atom stereocenters. The molecule has 0 fully saturated rings. The second-order valence-electron chi connectivity index (χ2n) is 4.11. The third-order valence-corrected chi connectivity index (χ3v) is 2.95. The zero-order valence-electron chi connectivity index (χ0n) is 10.8. The Balaban J connectivity index is 2.17. The molecule has 0 bridgehead atoms. The van der Waals surface area contributed by atoms with Crippen LogP contribution in [-0.4, -0.2) is 24.1 Å². The van der Waals surface area contributed by atoms with Gasteiger partial charge in [-0.05, 0) is 25.1 Å². The molecule has 1 amide bonds. The minimum Gasteiger partial charge on any atom is -0.496 e. The molecule has 0 saturated heterocycles. The number of aromatic nitrogens is 1. The van der Waals surface area contributed by atoms with Crippen molar-refractivity contribution in [2.45, 2.75) is 19.9 Å². The molecule has 1 aromatic carbocycles. The van der Waals surface area contributed by atoms with Gasteiger partial charge in [-0.15, -0.1) is 0 Å². The zero-order chi connectivity index (χ0) is 13.0. The Labute approximate surface area is 107 Å². The minimum atomic E-state index is 0.0854. The van der Waals surface area contributed by atoms with Crippen molar-refractivity contribution in [1.82, 2.24) is 9.88 Å². The molecule has 2 rings (SSSR count). The first-order valence-electron chi connectivity index (χ1n) is 6.14. The van der Waals surface area contributed by atoms with Crippen LogP contribution in [0.15, 0.2) is 30.5 Å². The number of carbonyl (C=O) groups excluding carboxylic acids is 1. The van der Waals surface area contributed by atoms with Gasteiger partial charge >= 0.3 is 0 Å². The van der Waals surface area contributed by atoms with Crippen LogP contribution in [0.25, 0.3) is 10.9 Å². The average molecular weight is 246 g/mol. The Morgan fingerprint density at radius 3 is 2.94 bits per heavy atom. The topological polar surface area (TPSA) is 43.3 Å². The number of hydrogen-bond acceptors (Lipinski definition) is 2. The molecule has 0 saturated carbocycles. The van der Waals surface area contributed by atoms with Crippen molar-refractivity contribution in [3.05, 3.63) is 30.5 Å². The van der Waals surface area contributed by atoms with Crippen molar-refractivity contribution in [1.29, 1.82) is 0 Å². The predicted molar refractivity (Wildman–Crippen MR) is 71.8 cm³/mol. The number of aryl methyl sites for hydroxylation is 1. The van der Waals surface area contributed by atoms with Gasteiger partial charge in [0.15, 0.2) is 0 Å². The van der Waals surface area contributed by atoms with Gasteiger partial charge in [-0.2, -0.15) is 0 Å². The van der Waals surface area contributed by atoms with E-state index in [4.69, 9.17) is 4.74 Å². The SMILES string of the molecule is CCNC(=O)CCn1ccc2c(OC)cccc21. The maximum Gasteiger partial charge on any atom is 0.221 e. The lowest BCUT2D eigenvalue weighted by Gasteiger charge is -2.07. The summed E-state index contributed by atoms with van der Waals surface area (Å²) in [5.74, 6) is 0.950. The molecular formula is C14H18N2O2. The summed E-state index contributed by atoms with van der Waals surface area (Å²) in [5, 5.41) is 3.88. The van der Waals surface area contributed by atoms with Crippen molar-refractivity contribution >= 4 is 16.8 Å². The van der Waals surface area contributed by atoms with Crippen LogP contribution in [0.5, 0.6) is 5.75 Å². The highest BCUT2D eigenvalue weighted by molar-refractivity contribution is 5.86. The molecule has 18 heavy (non-hydrogen) atoms. The summed E-state index contributed by atoms with van der Waals surface area (Å²) >= 11 is 0. The first-order chi connectivity index (χ1) is 8.76. The number of methoxy groups -OCH3 is 1. The summed E-state index contributed by atoms with van der Waals surface area (Å²) in [5.41, 5.74) is 1.10. The second-order valence-corrected chi connectivity index (χ2v) is 4.11. The summed E-state index contributed by atoms with van der Waals surface area (Å²) in [4.78, 5) is 11.4. The van der Waals surface area contributed by atoms with Crippen LogP contribution in [-0.2, 0) is 11.3 Å². The van der Waals surface area contributed by atoms with Gasteiger partial charge in [0, 0.05) is 31.1 Å². The summed E-state index contributed by atoms with van der Waals surface area (Å²) < 4.78 is 7.39. The van der Waals surface area contributed by atoms with Crippen LogP contribution >= 0.6 is 0 Å². The molecular weight excluding hydrogens is 228 g/mol. The van der Waals surface area contributed by atoms with E-state index in [-0.39, 0.29) is 5.91 Å². The lowest BCUT2D eigenvalue weighted by molar-refractivity contribution is -0.121. The van der Waals surface area contributed by atoms with Gasteiger partial charge in [-0.3, -0.25) is 4.79 Å². The molecule has 0 aliphatic carbocycles. The third kappa shape index (κ3) is 2.47. The van der Waals surface area contributed by atoms with Gasteiger partial charge < -0.3 is 14.6 Å². The standard InChI is InChI=1S/C14H18N2O2/c1-3-15-14(17)8-10-16-9-7-11-12(16)5-4-6-13(11)18-2/h4-7,9H,3,8,10H2,1-2H3,(H,15,17). The molecule has 1 N–H and O–H groups in total. The van der Waals surface area contributed by atoms with E-state index in [1.807, 2.05) is 37.4 Å². The van der Waals surface area contributed by atoms with E-state index in [0.717, 1.165) is 16.7 Å². The van der Waals surface area contributed by atoms with Crippen molar-refractivity contribution in [3.63, 3.8) is 0 Å². The lowest BCUT2D eigenvalue weighted by atomic mass is 10.2. The van der Waals surface area contributed by atoms with E-state index >= 15 is 0 Å². The normalized spacial score (nSPS) is 10.6. The highest BCUT2D eigenvalue weighted by Gasteiger charge is 2.06. The number of ether oxygens (including phenoxy) is 1. The number of nitrogens with zero attached hydrogens (tertiary/aromatic N) is 1. The number of carbonyl (C=O) groups is 1. The average Bonchev–Trinajstić information content (AvgIpc) is 2.79. The molecule has 0 aliphatic rings. The predicted octanol–water partition coefficient (Wildman–Crippen LogP) is 2.18. The third-order valence-electron chi connectivity index (χ3n) is 2.95. The number of amides is 1. The smallest absolute Gasteiger partial charge is 0.221 e. The molecule has 0 aliphatic heterocycles. The Kier molecular flexibility index (Phi) is 3.87. The fourth-order valence-electron chi connectivity index (χ4n) is 2.08. The van der Waals surface area contributed by atoms with Gasteiger partial charge in [0.25, 0.3) is 0 Å². The van der Waals surface area contributed by atoms with E-state index in [9.17, 15) is 4.79 Å². The van der Waals surface area contributed by atoms with Gasteiger partial charge in [-0.1, -0.05) is 6.07 Å². The molecule has 2 aromatic rings. The lowest BCUT2D eigenvalue weighted by Crippen LogP contribution is -2.23. The van der Waals surface area contributed by atoms with Crippen LogP contribution in [0, 0.1) is 0 Å². The molecule has 0 spiro atoms.